The van der Waals surface area contributed by atoms with Crippen molar-refractivity contribution >= 4 is 21.6 Å². The second-order valence-corrected chi connectivity index (χ2v) is 9.23. The minimum absolute atomic E-state index is 0.0193. The SMILES string of the molecule is Cc1cc(F)ccc1S(=O)(=O)Nc1ccccc1C(=O)NC1CCCCCCC1. The monoisotopic (exact) mass is 418 g/mol. The first-order valence-corrected chi connectivity index (χ1v) is 11.5. The summed E-state index contributed by atoms with van der Waals surface area (Å²) >= 11 is 0. The summed E-state index contributed by atoms with van der Waals surface area (Å²) in [6.45, 7) is 1.53. The minimum atomic E-state index is -3.96. The molecule has 2 aromatic carbocycles. The molecule has 156 valence electrons. The summed E-state index contributed by atoms with van der Waals surface area (Å²) in [5.41, 5.74) is 0.784. The van der Waals surface area contributed by atoms with Crippen molar-refractivity contribution in [2.75, 3.05) is 4.72 Å². The molecule has 1 amide bonds. The van der Waals surface area contributed by atoms with E-state index in [1.807, 2.05) is 0 Å². The largest absolute Gasteiger partial charge is 0.349 e. The van der Waals surface area contributed by atoms with Gasteiger partial charge in [0.05, 0.1) is 16.1 Å². The number of hydrogen-bond donors (Lipinski definition) is 2. The standard InChI is InChI=1S/C22H27FN2O3S/c1-16-15-17(23)13-14-21(16)29(27,28)25-20-12-8-7-11-19(20)22(26)24-18-9-5-3-2-4-6-10-18/h7-8,11-15,18,25H,2-6,9-10H2,1H3,(H,24,26). The van der Waals surface area contributed by atoms with Crippen molar-refractivity contribution in [3.8, 4) is 0 Å². The van der Waals surface area contributed by atoms with E-state index in [0.717, 1.165) is 31.7 Å². The van der Waals surface area contributed by atoms with Crippen LogP contribution in [0.5, 0.6) is 0 Å². The molecule has 0 unspecified atom stereocenters. The lowest BCUT2D eigenvalue weighted by Gasteiger charge is -2.22. The highest BCUT2D eigenvalue weighted by molar-refractivity contribution is 7.92. The summed E-state index contributed by atoms with van der Waals surface area (Å²) < 4.78 is 41.5. The van der Waals surface area contributed by atoms with Crippen molar-refractivity contribution in [2.24, 2.45) is 0 Å². The third kappa shape index (κ3) is 5.56. The number of benzene rings is 2. The number of aryl methyl sites for hydroxylation is 1. The molecular weight excluding hydrogens is 391 g/mol. The van der Waals surface area contributed by atoms with Gasteiger partial charge < -0.3 is 5.32 Å². The van der Waals surface area contributed by atoms with Crippen LogP contribution in [0.25, 0.3) is 0 Å². The van der Waals surface area contributed by atoms with E-state index in [0.29, 0.717) is 5.56 Å². The van der Waals surface area contributed by atoms with Crippen LogP contribution < -0.4 is 10.0 Å². The molecule has 0 radical (unpaired) electrons. The Labute approximate surface area is 171 Å². The molecule has 2 N–H and O–H groups in total. The molecule has 0 saturated heterocycles. The fourth-order valence-corrected chi connectivity index (χ4v) is 5.06. The number of hydrogen-bond acceptors (Lipinski definition) is 3. The van der Waals surface area contributed by atoms with Crippen molar-refractivity contribution in [1.29, 1.82) is 0 Å². The molecule has 1 saturated carbocycles. The number of nitrogens with one attached hydrogen (secondary N) is 2. The van der Waals surface area contributed by atoms with E-state index < -0.39 is 15.8 Å². The van der Waals surface area contributed by atoms with Gasteiger partial charge in [-0.15, -0.1) is 0 Å². The molecule has 2 aromatic rings. The predicted octanol–water partition coefficient (Wildman–Crippen LogP) is 4.78. The highest BCUT2D eigenvalue weighted by Gasteiger charge is 2.22. The Hall–Kier alpha value is -2.41. The van der Waals surface area contributed by atoms with Gasteiger partial charge in [0.2, 0.25) is 0 Å². The second kappa shape index (κ2) is 9.39. The number of halogens is 1. The Morgan fingerprint density at radius 1 is 1.00 bits per heavy atom. The molecule has 3 rings (SSSR count). The second-order valence-electron chi connectivity index (χ2n) is 7.58. The van der Waals surface area contributed by atoms with Gasteiger partial charge >= 0.3 is 0 Å². The van der Waals surface area contributed by atoms with Gasteiger partial charge in [-0.3, -0.25) is 9.52 Å². The Balaban J connectivity index is 1.80. The van der Waals surface area contributed by atoms with Gasteiger partial charge in [0.1, 0.15) is 5.82 Å². The fraction of sp³-hybridized carbons (Fsp3) is 0.409. The fourth-order valence-electron chi connectivity index (χ4n) is 3.75. The number of sulfonamides is 1. The van der Waals surface area contributed by atoms with Crippen molar-refractivity contribution in [3.63, 3.8) is 0 Å². The number of rotatable bonds is 5. The molecule has 1 aliphatic carbocycles. The van der Waals surface area contributed by atoms with Gasteiger partial charge in [0, 0.05) is 6.04 Å². The van der Waals surface area contributed by atoms with Gasteiger partial charge in [-0.25, -0.2) is 12.8 Å². The summed E-state index contributed by atoms with van der Waals surface area (Å²) in [7, 11) is -3.96. The van der Waals surface area contributed by atoms with Crippen LogP contribution in [-0.4, -0.2) is 20.4 Å². The van der Waals surface area contributed by atoms with E-state index in [9.17, 15) is 17.6 Å². The first-order valence-electron chi connectivity index (χ1n) is 10.1. The summed E-state index contributed by atoms with van der Waals surface area (Å²) in [6, 6.07) is 10.1. The van der Waals surface area contributed by atoms with Crippen molar-refractivity contribution in [2.45, 2.75) is 62.8 Å². The topological polar surface area (TPSA) is 75.3 Å². The molecule has 1 aliphatic rings. The highest BCUT2D eigenvalue weighted by atomic mass is 32.2. The van der Waals surface area contributed by atoms with Crippen LogP contribution in [-0.2, 0) is 10.0 Å². The van der Waals surface area contributed by atoms with Gasteiger partial charge in [-0.1, -0.05) is 44.2 Å². The third-order valence-electron chi connectivity index (χ3n) is 5.28. The van der Waals surface area contributed by atoms with Gasteiger partial charge in [-0.05, 0) is 55.7 Å². The maximum Gasteiger partial charge on any atom is 0.262 e. The molecule has 0 heterocycles. The van der Waals surface area contributed by atoms with Crippen LogP contribution in [0, 0.1) is 12.7 Å². The van der Waals surface area contributed by atoms with E-state index in [1.54, 1.807) is 24.3 Å². The first kappa shape index (κ1) is 21.3. The lowest BCUT2D eigenvalue weighted by atomic mass is 9.96. The Kier molecular flexibility index (Phi) is 6.90. The van der Waals surface area contributed by atoms with E-state index in [4.69, 9.17) is 0 Å². The Morgan fingerprint density at radius 3 is 2.34 bits per heavy atom. The lowest BCUT2D eigenvalue weighted by molar-refractivity contribution is 0.0931. The molecule has 0 spiro atoms. The maximum atomic E-state index is 13.3. The summed E-state index contributed by atoms with van der Waals surface area (Å²) in [5, 5.41) is 3.06. The zero-order valence-corrected chi connectivity index (χ0v) is 17.4. The van der Waals surface area contributed by atoms with E-state index >= 15 is 0 Å². The average molecular weight is 419 g/mol. The Bertz CT molecular complexity index is 968. The van der Waals surface area contributed by atoms with Crippen LogP contribution in [0.15, 0.2) is 47.4 Å². The van der Waals surface area contributed by atoms with Gasteiger partial charge in [0.25, 0.3) is 15.9 Å². The molecule has 0 bridgehead atoms. The van der Waals surface area contributed by atoms with Crippen LogP contribution in [0.3, 0.4) is 0 Å². The van der Waals surface area contributed by atoms with Crippen molar-refractivity contribution in [3.05, 3.63) is 59.4 Å². The van der Waals surface area contributed by atoms with E-state index in [2.05, 4.69) is 10.0 Å². The zero-order chi connectivity index (χ0) is 20.9. The molecule has 0 aliphatic heterocycles. The van der Waals surface area contributed by atoms with Crippen molar-refractivity contribution in [1.82, 2.24) is 5.32 Å². The molecular formula is C22H27FN2O3S. The van der Waals surface area contributed by atoms with Crippen LogP contribution in [0.1, 0.15) is 60.9 Å². The Morgan fingerprint density at radius 2 is 1.66 bits per heavy atom. The third-order valence-corrected chi connectivity index (χ3v) is 6.81. The van der Waals surface area contributed by atoms with Crippen LogP contribution in [0.4, 0.5) is 10.1 Å². The van der Waals surface area contributed by atoms with Crippen molar-refractivity contribution < 1.29 is 17.6 Å². The molecule has 0 aromatic heterocycles. The quantitative estimate of drug-likeness (QED) is 0.734. The maximum absolute atomic E-state index is 13.3. The predicted molar refractivity (Wildman–Crippen MR) is 112 cm³/mol. The smallest absolute Gasteiger partial charge is 0.262 e. The molecule has 1 fully saturated rings. The highest BCUT2D eigenvalue weighted by Crippen LogP contribution is 2.24. The number of amides is 1. The number of carbonyl (C=O) groups is 1. The normalized spacial score (nSPS) is 15.9. The van der Waals surface area contributed by atoms with Gasteiger partial charge in [0.15, 0.2) is 0 Å². The number of carbonyl (C=O) groups excluding carboxylic acids is 1. The van der Waals surface area contributed by atoms with E-state index in [-0.39, 0.29) is 28.1 Å². The van der Waals surface area contributed by atoms with Gasteiger partial charge in [-0.2, -0.15) is 0 Å². The van der Waals surface area contributed by atoms with Crippen LogP contribution >= 0.6 is 0 Å². The molecule has 0 atom stereocenters. The summed E-state index contributed by atoms with van der Waals surface area (Å²) in [6.07, 6.45) is 7.66. The molecule has 29 heavy (non-hydrogen) atoms. The zero-order valence-electron chi connectivity index (χ0n) is 16.6. The number of para-hydroxylation sites is 1. The van der Waals surface area contributed by atoms with E-state index in [1.165, 1.54) is 38.3 Å². The lowest BCUT2D eigenvalue weighted by Crippen LogP contribution is -2.35. The van der Waals surface area contributed by atoms with Crippen LogP contribution in [0.2, 0.25) is 0 Å². The summed E-state index contributed by atoms with van der Waals surface area (Å²) in [5.74, 6) is -0.787. The molecule has 5 nitrogen and oxygen atoms in total. The molecule has 7 heteroatoms. The minimum Gasteiger partial charge on any atom is -0.349 e. The first-order chi connectivity index (χ1) is 13.9. The summed E-state index contributed by atoms with van der Waals surface area (Å²) in [4.78, 5) is 12.9. The average Bonchev–Trinajstić information content (AvgIpc) is 2.63. The number of anilines is 1.